The Morgan fingerprint density at radius 2 is 2.09 bits per heavy atom. The Bertz CT molecular complexity index is 1440. The highest BCUT2D eigenvalue weighted by Crippen LogP contribution is 2.43. The summed E-state index contributed by atoms with van der Waals surface area (Å²) in [5.41, 5.74) is 3.74. The number of pyridine rings is 1. The van der Waals surface area contributed by atoms with Crippen molar-refractivity contribution in [2.24, 2.45) is 0 Å². The maximum Gasteiger partial charge on any atom is 0.316 e. The van der Waals surface area contributed by atoms with Crippen molar-refractivity contribution in [1.82, 2.24) is 24.6 Å². The summed E-state index contributed by atoms with van der Waals surface area (Å²) < 4.78 is 19.6. The molecule has 0 radical (unpaired) electrons. The van der Waals surface area contributed by atoms with Gasteiger partial charge in [0.1, 0.15) is 21.7 Å². The van der Waals surface area contributed by atoms with Gasteiger partial charge >= 0.3 is 5.97 Å². The summed E-state index contributed by atoms with van der Waals surface area (Å²) in [7, 11) is 0. The lowest BCUT2D eigenvalue weighted by molar-refractivity contribution is -0.139. The van der Waals surface area contributed by atoms with Crippen molar-refractivity contribution in [3.8, 4) is 0 Å². The second-order valence-corrected chi connectivity index (χ2v) is 11.1. The predicted octanol–water partition coefficient (Wildman–Crippen LogP) is 3.23. The lowest BCUT2D eigenvalue weighted by atomic mass is 9.90. The van der Waals surface area contributed by atoms with E-state index < -0.39 is 0 Å². The predicted molar refractivity (Wildman–Crippen MR) is 134 cm³/mol. The molecule has 0 aromatic carbocycles. The van der Waals surface area contributed by atoms with E-state index in [9.17, 15) is 4.79 Å². The third kappa shape index (κ3) is 4.02. The van der Waals surface area contributed by atoms with E-state index in [-0.39, 0.29) is 17.3 Å². The van der Waals surface area contributed by atoms with Crippen LogP contribution in [0.3, 0.4) is 0 Å². The van der Waals surface area contributed by atoms with Gasteiger partial charge in [-0.3, -0.25) is 9.20 Å². The highest BCUT2D eigenvalue weighted by molar-refractivity contribution is 7.99. The lowest BCUT2D eigenvalue weighted by Gasteiger charge is -2.36. The molecule has 2 aliphatic heterocycles. The van der Waals surface area contributed by atoms with Gasteiger partial charge in [-0.15, -0.1) is 21.5 Å². The van der Waals surface area contributed by atoms with Crippen LogP contribution < -0.4 is 4.90 Å². The Morgan fingerprint density at radius 1 is 1.26 bits per heavy atom. The molecule has 12 heteroatoms. The minimum absolute atomic E-state index is 0.173. The van der Waals surface area contributed by atoms with E-state index in [1.165, 1.54) is 17.3 Å². The maximum absolute atomic E-state index is 11.8. The van der Waals surface area contributed by atoms with Gasteiger partial charge in [-0.1, -0.05) is 11.8 Å². The first-order valence-electron chi connectivity index (χ1n) is 11.7. The Labute approximate surface area is 210 Å². The molecule has 6 rings (SSSR count). The number of ether oxygens (including phenoxy) is 3. The van der Waals surface area contributed by atoms with Crippen LogP contribution in [-0.2, 0) is 32.0 Å². The molecule has 0 amide bonds. The number of carbonyl (C=O) groups excluding carboxylic acids is 1. The second kappa shape index (κ2) is 8.84. The van der Waals surface area contributed by atoms with E-state index in [1.54, 1.807) is 24.6 Å². The molecule has 0 atom stereocenters. The van der Waals surface area contributed by atoms with Crippen LogP contribution in [0, 0.1) is 0 Å². The summed E-state index contributed by atoms with van der Waals surface area (Å²) in [4.78, 5) is 25.0. The summed E-state index contributed by atoms with van der Waals surface area (Å²) in [5, 5.41) is 10.5. The van der Waals surface area contributed by atoms with E-state index >= 15 is 0 Å². The first kappa shape index (κ1) is 22.9. The van der Waals surface area contributed by atoms with Crippen molar-refractivity contribution >= 4 is 61.0 Å². The van der Waals surface area contributed by atoms with Gasteiger partial charge in [0.15, 0.2) is 10.8 Å². The summed E-state index contributed by atoms with van der Waals surface area (Å²) >= 11 is 2.88. The fourth-order valence-corrected chi connectivity index (χ4v) is 6.52. The van der Waals surface area contributed by atoms with Gasteiger partial charge in [0.25, 0.3) is 0 Å². The Morgan fingerprint density at radius 3 is 2.89 bits per heavy atom. The van der Waals surface area contributed by atoms with E-state index in [0.717, 1.165) is 57.0 Å². The molecule has 4 aromatic rings. The number of thioether (sulfide) groups is 1. The van der Waals surface area contributed by atoms with Crippen molar-refractivity contribution in [1.29, 1.82) is 0 Å². The monoisotopic (exact) mass is 514 g/mol. The largest absolute Gasteiger partial charge is 0.465 e. The highest BCUT2D eigenvalue weighted by Gasteiger charge is 2.33. The quantitative estimate of drug-likeness (QED) is 0.291. The molecule has 0 aliphatic carbocycles. The zero-order chi connectivity index (χ0) is 24.2. The number of hydrogen-bond acceptors (Lipinski definition) is 11. The molecule has 1 fully saturated rings. The topological polar surface area (TPSA) is 104 Å². The molecule has 0 saturated carbocycles. The van der Waals surface area contributed by atoms with Crippen molar-refractivity contribution in [2.75, 3.05) is 43.6 Å². The molecule has 35 heavy (non-hydrogen) atoms. The third-order valence-corrected chi connectivity index (χ3v) is 8.31. The normalized spacial score (nSPS) is 17.9. The molecule has 6 heterocycles. The zero-order valence-electron chi connectivity index (χ0n) is 19.9. The molecular formula is C23H26N6O4S2. The number of rotatable bonds is 5. The summed E-state index contributed by atoms with van der Waals surface area (Å²) in [6.45, 7) is 9.95. The Hall–Kier alpha value is -2.54. The number of anilines is 1. The van der Waals surface area contributed by atoms with Gasteiger partial charge in [-0.25, -0.2) is 9.97 Å². The molecule has 0 bridgehead atoms. The smallest absolute Gasteiger partial charge is 0.316 e. The van der Waals surface area contributed by atoms with Gasteiger partial charge in [0, 0.05) is 30.5 Å². The van der Waals surface area contributed by atoms with Gasteiger partial charge in [0.2, 0.25) is 0 Å². The molecule has 4 aromatic heterocycles. The fourth-order valence-electron chi connectivity index (χ4n) is 4.69. The SMILES string of the molecule is CCOC(=O)CSc1nnc2c3sc4nc(N5CCOCC5)c5c(c4c3ncn12)CC(C)(C)OC5. The van der Waals surface area contributed by atoms with Gasteiger partial charge in [0.05, 0.1) is 43.3 Å². The Kier molecular flexibility index (Phi) is 5.78. The van der Waals surface area contributed by atoms with E-state index in [2.05, 4.69) is 28.9 Å². The standard InChI is InChI=1S/C23H26N6O4S2/c1-4-32-15(30)11-34-22-27-26-20-18-17(24-12-29(20)22)16-13-9-23(2,3)33-10-14(13)19(25-21(16)35-18)28-5-7-31-8-6-28/h12H,4-11H2,1-3H3. The number of carbonyl (C=O) groups is 1. The van der Waals surface area contributed by atoms with Crippen LogP contribution in [0.25, 0.3) is 26.1 Å². The van der Waals surface area contributed by atoms with E-state index in [4.69, 9.17) is 24.2 Å². The van der Waals surface area contributed by atoms with Crippen LogP contribution in [-0.4, -0.2) is 74.8 Å². The summed E-state index contributed by atoms with van der Waals surface area (Å²) in [6.07, 6.45) is 2.52. The average molecular weight is 515 g/mol. The number of fused-ring (bicyclic) bond motifs is 7. The number of aromatic nitrogens is 5. The molecular weight excluding hydrogens is 488 g/mol. The molecule has 10 nitrogen and oxygen atoms in total. The maximum atomic E-state index is 11.8. The summed E-state index contributed by atoms with van der Waals surface area (Å²) in [5.74, 6) is 0.883. The molecule has 184 valence electrons. The third-order valence-electron chi connectivity index (χ3n) is 6.32. The molecule has 0 unspecified atom stereocenters. The van der Waals surface area contributed by atoms with Crippen LogP contribution in [0.5, 0.6) is 0 Å². The van der Waals surface area contributed by atoms with Crippen LogP contribution in [0.4, 0.5) is 5.82 Å². The minimum atomic E-state index is -0.276. The van der Waals surface area contributed by atoms with Crippen molar-refractivity contribution in [3.05, 3.63) is 17.5 Å². The van der Waals surface area contributed by atoms with Crippen molar-refractivity contribution in [3.63, 3.8) is 0 Å². The minimum Gasteiger partial charge on any atom is -0.465 e. The molecule has 2 aliphatic rings. The van der Waals surface area contributed by atoms with Crippen LogP contribution in [0.2, 0.25) is 0 Å². The van der Waals surface area contributed by atoms with Crippen LogP contribution in [0.15, 0.2) is 11.5 Å². The van der Waals surface area contributed by atoms with Crippen LogP contribution in [0.1, 0.15) is 31.9 Å². The van der Waals surface area contributed by atoms with Crippen molar-refractivity contribution in [2.45, 2.75) is 44.6 Å². The van der Waals surface area contributed by atoms with Crippen molar-refractivity contribution < 1.29 is 19.0 Å². The van der Waals surface area contributed by atoms with E-state index in [1.807, 2.05) is 4.40 Å². The number of nitrogens with zero attached hydrogens (tertiary/aromatic N) is 6. The molecule has 0 N–H and O–H groups in total. The van der Waals surface area contributed by atoms with Gasteiger partial charge in [-0.2, -0.15) is 0 Å². The zero-order valence-corrected chi connectivity index (χ0v) is 21.5. The van der Waals surface area contributed by atoms with E-state index in [0.29, 0.717) is 31.6 Å². The average Bonchev–Trinajstić information content (AvgIpc) is 3.43. The first-order valence-corrected chi connectivity index (χ1v) is 13.5. The summed E-state index contributed by atoms with van der Waals surface area (Å²) in [6, 6.07) is 0. The Balaban J connectivity index is 1.50. The number of esters is 1. The second-order valence-electron chi connectivity index (χ2n) is 9.19. The van der Waals surface area contributed by atoms with Crippen LogP contribution >= 0.6 is 23.1 Å². The first-order chi connectivity index (χ1) is 16.9. The molecule has 1 saturated heterocycles. The van der Waals surface area contributed by atoms with Gasteiger partial charge < -0.3 is 19.1 Å². The fraction of sp³-hybridized carbons (Fsp3) is 0.522. The highest BCUT2D eigenvalue weighted by atomic mass is 32.2. The number of thiophene rings is 1. The number of hydrogen-bond donors (Lipinski definition) is 0. The number of morpholine rings is 1. The molecule has 0 spiro atoms. The van der Waals surface area contributed by atoms with Gasteiger partial charge in [-0.05, 0) is 26.3 Å². The lowest BCUT2D eigenvalue weighted by Crippen LogP contribution is -2.39.